The van der Waals surface area contributed by atoms with Crippen molar-refractivity contribution >= 4 is 23.2 Å². The maximum Gasteiger partial charge on any atom is 0.293 e. The van der Waals surface area contributed by atoms with Crippen LogP contribution in [0.2, 0.25) is 0 Å². The molecule has 2 heterocycles. The number of hydrogen-bond acceptors (Lipinski definition) is 3. The topological polar surface area (TPSA) is 62.6 Å². The molecule has 5 heteroatoms. The van der Waals surface area contributed by atoms with E-state index in [2.05, 4.69) is 5.32 Å². The van der Waals surface area contributed by atoms with Crippen molar-refractivity contribution in [1.29, 1.82) is 0 Å². The number of hydrogen-bond donors (Lipinski definition) is 1. The number of anilines is 2. The fourth-order valence-electron chi connectivity index (χ4n) is 2.65. The van der Waals surface area contributed by atoms with Crippen LogP contribution in [-0.4, -0.2) is 18.4 Å². The molecule has 0 atom stereocenters. The number of benzene rings is 1. The van der Waals surface area contributed by atoms with Crippen molar-refractivity contribution in [3.8, 4) is 0 Å². The number of carbonyl (C=O) groups is 2. The molecule has 114 valence electrons. The lowest BCUT2D eigenvalue weighted by molar-refractivity contribution is -0.116. The van der Waals surface area contributed by atoms with E-state index >= 15 is 0 Å². The minimum absolute atomic E-state index is 0.00985. The smallest absolute Gasteiger partial charge is 0.293 e. The second kappa shape index (κ2) is 6.05. The Hall–Kier alpha value is -2.56. The highest BCUT2D eigenvalue weighted by Crippen LogP contribution is 2.32. The Morgan fingerprint density at radius 3 is 2.91 bits per heavy atom. The second-order valence-electron chi connectivity index (χ2n) is 5.33. The number of nitrogens with zero attached hydrogens (tertiary/aromatic N) is 1. The summed E-state index contributed by atoms with van der Waals surface area (Å²) in [5, 5.41) is 2.87. The van der Waals surface area contributed by atoms with E-state index in [1.165, 1.54) is 6.26 Å². The van der Waals surface area contributed by atoms with E-state index in [1.54, 1.807) is 17.0 Å². The highest BCUT2D eigenvalue weighted by atomic mass is 16.3. The van der Waals surface area contributed by atoms with E-state index in [-0.39, 0.29) is 11.8 Å². The van der Waals surface area contributed by atoms with Crippen LogP contribution in [0.25, 0.3) is 0 Å². The number of nitrogens with one attached hydrogen (secondary N) is 1. The second-order valence-corrected chi connectivity index (χ2v) is 5.33. The number of amides is 2. The summed E-state index contributed by atoms with van der Waals surface area (Å²) in [5.41, 5.74) is 2.67. The highest BCUT2D eigenvalue weighted by Gasteiger charge is 2.27. The normalized spacial score (nSPS) is 13.0. The molecular formula is C17H18N2O3. The van der Waals surface area contributed by atoms with E-state index in [0.29, 0.717) is 18.7 Å². The first-order chi connectivity index (χ1) is 10.7. The van der Waals surface area contributed by atoms with Crippen molar-refractivity contribution < 1.29 is 14.0 Å². The van der Waals surface area contributed by atoms with Crippen LogP contribution in [0.15, 0.2) is 41.0 Å². The first-order valence-electron chi connectivity index (χ1n) is 7.47. The molecule has 0 spiro atoms. The van der Waals surface area contributed by atoms with Gasteiger partial charge in [-0.3, -0.25) is 9.59 Å². The van der Waals surface area contributed by atoms with Crippen LogP contribution in [-0.2, 0) is 11.2 Å². The Balaban J connectivity index is 1.83. The third kappa shape index (κ3) is 2.74. The monoisotopic (exact) mass is 298 g/mol. The lowest BCUT2D eigenvalue weighted by atomic mass is 10.1. The summed E-state index contributed by atoms with van der Waals surface area (Å²) in [6, 6.07) is 9.06. The fourth-order valence-corrected chi connectivity index (χ4v) is 2.65. The molecule has 0 aliphatic carbocycles. The summed E-state index contributed by atoms with van der Waals surface area (Å²) in [7, 11) is 0. The van der Waals surface area contributed by atoms with Gasteiger partial charge in [0.2, 0.25) is 5.91 Å². The molecule has 0 bridgehead atoms. The molecule has 0 radical (unpaired) electrons. The minimum atomic E-state index is -0.152. The molecule has 1 aromatic heterocycles. The van der Waals surface area contributed by atoms with Gasteiger partial charge in [-0.1, -0.05) is 13.0 Å². The molecule has 3 rings (SSSR count). The summed E-state index contributed by atoms with van der Waals surface area (Å²) >= 11 is 0. The summed E-state index contributed by atoms with van der Waals surface area (Å²) in [4.78, 5) is 25.9. The van der Waals surface area contributed by atoms with Gasteiger partial charge in [0.25, 0.3) is 5.91 Å². The lowest BCUT2D eigenvalue weighted by Crippen LogP contribution is -2.28. The van der Waals surface area contributed by atoms with Crippen LogP contribution in [0.4, 0.5) is 11.4 Å². The van der Waals surface area contributed by atoms with Gasteiger partial charge in [-0.05, 0) is 42.7 Å². The Morgan fingerprint density at radius 2 is 2.18 bits per heavy atom. The van der Waals surface area contributed by atoms with Crippen LogP contribution in [0.3, 0.4) is 0 Å². The van der Waals surface area contributed by atoms with Gasteiger partial charge in [0.15, 0.2) is 5.76 Å². The number of fused-ring (bicyclic) bond motifs is 1. The lowest BCUT2D eigenvalue weighted by Gasteiger charge is -2.17. The molecule has 5 nitrogen and oxygen atoms in total. The van der Waals surface area contributed by atoms with E-state index in [1.807, 2.05) is 25.1 Å². The zero-order valence-corrected chi connectivity index (χ0v) is 12.5. The maximum atomic E-state index is 12.5. The molecular weight excluding hydrogens is 280 g/mol. The molecule has 1 aliphatic heterocycles. The molecule has 0 saturated heterocycles. The van der Waals surface area contributed by atoms with Crippen LogP contribution < -0.4 is 10.2 Å². The first-order valence-corrected chi connectivity index (χ1v) is 7.47. The number of furan rings is 1. The van der Waals surface area contributed by atoms with E-state index < -0.39 is 0 Å². The Labute approximate surface area is 128 Å². The number of rotatable bonds is 4. The van der Waals surface area contributed by atoms with E-state index in [4.69, 9.17) is 4.42 Å². The summed E-state index contributed by atoms with van der Waals surface area (Å²) in [5.74, 6) is 0.165. The van der Waals surface area contributed by atoms with Gasteiger partial charge in [-0.25, -0.2) is 0 Å². The molecule has 0 unspecified atom stereocenters. The zero-order valence-electron chi connectivity index (χ0n) is 12.5. The summed E-state index contributed by atoms with van der Waals surface area (Å²) in [6.45, 7) is 2.59. The predicted molar refractivity (Wildman–Crippen MR) is 84.1 cm³/mol. The third-order valence-electron chi connectivity index (χ3n) is 3.72. The Bertz CT molecular complexity index is 692. The van der Waals surface area contributed by atoms with Crippen LogP contribution >= 0.6 is 0 Å². The molecule has 1 aliphatic rings. The Kier molecular flexibility index (Phi) is 3.96. The van der Waals surface area contributed by atoms with Crippen molar-refractivity contribution in [3.63, 3.8) is 0 Å². The van der Waals surface area contributed by atoms with Gasteiger partial charge in [0, 0.05) is 24.3 Å². The van der Waals surface area contributed by atoms with Gasteiger partial charge in [0.1, 0.15) is 0 Å². The Morgan fingerprint density at radius 1 is 1.32 bits per heavy atom. The third-order valence-corrected chi connectivity index (χ3v) is 3.72. The van der Waals surface area contributed by atoms with Gasteiger partial charge in [-0.2, -0.15) is 0 Å². The van der Waals surface area contributed by atoms with Crippen molar-refractivity contribution in [2.75, 3.05) is 16.8 Å². The van der Waals surface area contributed by atoms with Crippen molar-refractivity contribution in [1.82, 2.24) is 0 Å². The van der Waals surface area contributed by atoms with Crippen LogP contribution in [0, 0.1) is 0 Å². The summed E-state index contributed by atoms with van der Waals surface area (Å²) < 4.78 is 5.19. The molecule has 22 heavy (non-hydrogen) atoms. The first kappa shape index (κ1) is 14.4. The minimum Gasteiger partial charge on any atom is -0.459 e. The molecule has 2 amide bonds. The molecule has 0 saturated carbocycles. The van der Waals surface area contributed by atoms with E-state index in [9.17, 15) is 9.59 Å². The van der Waals surface area contributed by atoms with Crippen LogP contribution in [0.1, 0.15) is 35.9 Å². The van der Waals surface area contributed by atoms with Crippen LogP contribution in [0.5, 0.6) is 0 Å². The summed E-state index contributed by atoms with van der Waals surface area (Å²) in [6.07, 6.45) is 3.60. The predicted octanol–water partition coefficient (Wildman–Crippen LogP) is 3.22. The quantitative estimate of drug-likeness (QED) is 0.942. The van der Waals surface area contributed by atoms with Crippen molar-refractivity contribution in [2.24, 2.45) is 0 Å². The molecule has 1 N–H and O–H groups in total. The molecule has 0 fully saturated rings. The largest absolute Gasteiger partial charge is 0.459 e. The molecule has 1 aromatic carbocycles. The van der Waals surface area contributed by atoms with Gasteiger partial charge in [0.05, 0.1) is 6.26 Å². The highest BCUT2D eigenvalue weighted by molar-refractivity contribution is 6.06. The van der Waals surface area contributed by atoms with Gasteiger partial charge in [-0.15, -0.1) is 0 Å². The van der Waals surface area contributed by atoms with Gasteiger partial charge >= 0.3 is 0 Å². The zero-order chi connectivity index (χ0) is 15.5. The maximum absolute atomic E-state index is 12.5. The van der Waals surface area contributed by atoms with Crippen molar-refractivity contribution in [2.45, 2.75) is 26.2 Å². The standard InChI is InChI=1S/C17H18N2O3/c1-2-4-16(20)18-13-7-6-12-8-9-19(14(12)11-13)17(21)15-5-3-10-22-15/h3,5-7,10-11H,2,4,8-9H2,1H3,(H,18,20). The fraction of sp³-hybridized carbons (Fsp3) is 0.294. The van der Waals surface area contributed by atoms with E-state index in [0.717, 1.165) is 29.8 Å². The average molecular weight is 298 g/mol. The number of carbonyl (C=O) groups excluding carboxylic acids is 2. The average Bonchev–Trinajstić information content (AvgIpc) is 3.16. The van der Waals surface area contributed by atoms with Crippen molar-refractivity contribution in [3.05, 3.63) is 47.9 Å². The van der Waals surface area contributed by atoms with Gasteiger partial charge < -0.3 is 14.6 Å². The molecule has 2 aromatic rings. The SMILES string of the molecule is CCCC(=O)Nc1ccc2c(c1)N(C(=O)c1ccco1)CC2.